The molecule has 0 aliphatic carbocycles. The molecule has 5 heavy (non-hydrogen) atoms. The van der Waals surface area contributed by atoms with Crippen LogP contribution in [-0.2, 0) is 0 Å². The number of allylic oxidation sites excluding steroid dienone is 2. The van der Waals surface area contributed by atoms with Crippen molar-refractivity contribution in [2.24, 2.45) is 0 Å². The molecular weight excluding hydrogens is 79.0 g/mol. The molecule has 0 rings (SSSR count). The predicted octanol–water partition coefficient (Wildman–Crippen LogP) is 1.29. The van der Waals surface area contributed by atoms with Crippen LogP contribution < -0.4 is 0 Å². The minimum absolute atomic E-state index is 1.76. The summed E-state index contributed by atoms with van der Waals surface area (Å²) in [4.78, 5) is 0. The van der Waals surface area contributed by atoms with Crippen LogP contribution in [0.25, 0.3) is 0 Å². The lowest BCUT2D eigenvalue weighted by Crippen LogP contribution is -1.28. The first-order chi connectivity index (χ1) is 2.41. The van der Waals surface area contributed by atoms with E-state index in [2.05, 4.69) is 6.58 Å². The van der Waals surface area contributed by atoms with E-state index in [9.17, 15) is 0 Å². The summed E-state index contributed by atoms with van der Waals surface area (Å²) < 4.78 is 0. The zero-order valence-electron chi connectivity index (χ0n) is 3.15. The molecule has 0 radical (unpaired) electrons. The summed E-state index contributed by atoms with van der Waals surface area (Å²) in [6.45, 7) is 3.47. The Morgan fingerprint density at radius 2 is 2.20 bits per heavy atom. The molecule has 1 unspecified atom stereocenters. The van der Waals surface area contributed by atoms with Crippen molar-refractivity contribution in [2.45, 2.75) is 0 Å². The Morgan fingerprint density at radius 3 is 2.20 bits per heavy atom. The highest BCUT2D eigenvalue weighted by molar-refractivity contribution is 7.20. The Bertz CT molecular complexity index is 45.6. The Hall–Kier alpha value is -0.0900. The molecule has 1 heteroatoms. The van der Waals surface area contributed by atoms with Gasteiger partial charge in [0.15, 0.2) is 0 Å². The van der Waals surface area contributed by atoms with Crippen LogP contribution in [0, 0.1) is 0 Å². The van der Waals surface area contributed by atoms with E-state index in [1.807, 2.05) is 11.9 Å². The van der Waals surface area contributed by atoms with Gasteiger partial charge in [-0.15, -0.1) is 0 Å². The van der Waals surface area contributed by atoms with E-state index in [-0.39, 0.29) is 0 Å². The highest BCUT2D eigenvalue weighted by Gasteiger charge is 1.47. The van der Waals surface area contributed by atoms with E-state index in [0.717, 1.165) is 0 Å². The summed E-state index contributed by atoms with van der Waals surface area (Å²) in [5.41, 5.74) is 0. The molecule has 0 bridgehead atoms. The van der Waals surface area contributed by atoms with Gasteiger partial charge in [0, 0.05) is 0 Å². The van der Waals surface area contributed by atoms with Crippen molar-refractivity contribution in [3.8, 4) is 0 Å². The van der Waals surface area contributed by atoms with E-state index in [1.165, 1.54) is 0 Å². The van der Waals surface area contributed by atoms with Gasteiger partial charge in [0.1, 0.15) is 0 Å². The molecule has 28 valence electrons. The van der Waals surface area contributed by atoms with E-state index in [4.69, 9.17) is 0 Å². The molecule has 1 atom stereocenters. The van der Waals surface area contributed by atoms with Crippen LogP contribution in [-0.4, -0.2) is 0 Å². The van der Waals surface area contributed by atoms with E-state index in [1.54, 1.807) is 15.3 Å². The average molecular weight is 87.1 g/mol. The van der Waals surface area contributed by atoms with E-state index >= 15 is 0 Å². The quantitative estimate of drug-likeness (QED) is 0.334. The van der Waals surface area contributed by atoms with Gasteiger partial charge in [0.2, 0.25) is 0 Å². The largest absolute Gasteiger partial charge is 0.0989 e. The van der Waals surface area contributed by atoms with Crippen LogP contribution in [0.2, 0.25) is 0 Å². The smallest absolute Gasteiger partial charge is 0.0513 e. The van der Waals surface area contributed by atoms with Gasteiger partial charge in [-0.05, 0) is 15.3 Å². The minimum atomic E-state index is 1.76. The van der Waals surface area contributed by atoms with Crippen LogP contribution >= 0.6 is 9.24 Å². The first-order valence-corrected chi connectivity index (χ1v) is 2.30. The highest BCUT2D eigenvalue weighted by Crippen LogP contribution is 1.79. The third-order valence-corrected chi connectivity index (χ3v) is 0.544. The van der Waals surface area contributed by atoms with Gasteiger partial charge >= 0.3 is 0 Å². The minimum Gasteiger partial charge on any atom is -0.0989 e. The fourth-order valence-electron chi connectivity index (χ4n) is 0.0962. The second kappa shape index (κ2) is 3.91. The van der Waals surface area contributed by atoms with Crippen molar-refractivity contribution in [1.82, 2.24) is 0 Å². The Labute approximate surface area is 34.8 Å². The molecule has 0 saturated heterocycles. The molecule has 0 aliphatic rings. The van der Waals surface area contributed by atoms with Crippen LogP contribution in [0.1, 0.15) is 0 Å². The van der Waals surface area contributed by atoms with Crippen molar-refractivity contribution < 1.29 is 0 Å². The number of hydrogen-bond donors (Lipinski definition) is 0. The third-order valence-electron chi connectivity index (χ3n) is 0.272. The maximum absolute atomic E-state index is 3.47. The Kier molecular flexibility index (Phi) is 3.84. The maximum Gasteiger partial charge on any atom is 0.0513 e. The van der Waals surface area contributed by atoms with E-state index in [0.29, 0.717) is 0 Å². The lowest BCUT2D eigenvalue weighted by Gasteiger charge is -1.51. The second-order valence-electron chi connectivity index (χ2n) is 0.664. The molecule has 0 heterocycles. The summed E-state index contributed by atoms with van der Waals surface area (Å²) in [6, 6.07) is 0. The van der Waals surface area contributed by atoms with Gasteiger partial charge in [0.05, 0.1) is 5.82 Å². The highest BCUT2D eigenvalue weighted by atomic mass is 31.0. The standard InChI is InChI=1S/C4H7P/c1-2-3-4-5/h2-4H,1,5H2/p+1/b4-3+. The fourth-order valence-corrected chi connectivity index (χ4v) is 0.289. The molecule has 0 nitrogen and oxygen atoms in total. The molecular formula is C4H8P+. The van der Waals surface area contributed by atoms with Gasteiger partial charge in [0.25, 0.3) is 0 Å². The third kappa shape index (κ3) is 3.91. The zero-order chi connectivity index (χ0) is 4.12. The summed E-state index contributed by atoms with van der Waals surface area (Å²) in [6.07, 6.45) is 3.66. The molecule has 0 amide bonds. The molecule has 0 saturated carbocycles. The van der Waals surface area contributed by atoms with Gasteiger partial charge in [-0.3, -0.25) is 0 Å². The monoisotopic (exact) mass is 87.0 g/mol. The number of rotatable bonds is 1. The first kappa shape index (κ1) is 4.91. The van der Waals surface area contributed by atoms with Crippen molar-refractivity contribution >= 4 is 9.24 Å². The molecule has 0 aromatic heterocycles. The molecule has 0 aliphatic heterocycles. The summed E-state index contributed by atoms with van der Waals surface area (Å²) in [5.74, 6) is 1.97. The lowest BCUT2D eigenvalue weighted by molar-refractivity contribution is 2.12. The van der Waals surface area contributed by atoms with E-state index < -0.39 is 0 Å². The normalized spacial score (nSPS) is 9.60. The van der Waals surface area contributed by atoms with Gasteiger partial charge in [-0.2, -0.15) is 0 Å². The maximum atomic E-state index is 3.47. The average Bonchev–Trinajstić information content (AvgIpc) is 1.41. The van der Waals surface area contributed by atoms with Crippen molar-refractivity contribution in [1.29, 1.82) is 0 Å². The zero-order valence-corrected chi connectivity index (χ0v) is 4.56. The molecule has 0 spiro atoms. The number of hydrogen-bond acceptors (Lipinski definition) is 0. The second-order valence-corrected chi connectivity index (χ2v) is 1.14. The molecule has 0 aromatic rings. The summed E-state index contributed by atoms with van der Waals surface area (Å²) in [5, 5.41) is 0. The Balaban J connectivity index is 2.92. The molecule has 0 N–H and O–H groups in total. The van der Waals surface area contributed by atoms with Gasteiger partial charge in [-0.25, -0.2) is 0 Å². The molecule has 0 aromatic carbocycles. The van der Waals surface area contributed by atoms with Crippen molar-refractivity contribution in [2.75, 3.05) is 0 Å². The fraction of sp³-hybridized carbons (Fsp3) is 0. The van der Waals surface area contributed by atoms with Crippen LogP contribution in [0.4, 0.5) is 0 Å². The van der Waals surface area contributed by atoms with Gasteiger partial charge < -0.3 is 0 Å². The van der Waals surface area contributed by atoms with Gasteiger partial charge in [-0.1, -0.05) is 12.7 Å². The lowest BCUT2D eigenvalue weighted by atomic mass is 10.6. The first-order valence-electron chi connectivity index (χ1n) is 1.48. The summed E-state index contributed by atoms with van der Waals surface area (Å²) >= 11 is 0. The SMILES string of the molecule is C=C/C=C/[PH3+]. The Morgan fingerprint density at radius 1 is 1.60 bits per heavy atom. The predicted molar refractivity (Wildman–Crippen MR) is 30.4 cm³/mol. The van der Waals surface area contributed by atoms with Crippen LogP contribution in [0.15, 0.2) is 24.5 Å². The van der Waals surface area contributed by atoms with Crippen molar-refractivity contribution in [3.05, 3.63) is 24.5 Å². The van der Waals surface area contributed by atoms with Crippen LogP contribution in [0.5, 0.6) is 0 Å². The topological polar surface area (TPSA) is 0 Å². The molecule has 0 fully saturated rings. The van der Waals surface area contributed by atoms with Crippen LogP contribution in [0.3, 0.4) is 0 Å². The summed E-state index contributed by atoms with van der Waals surface area (Å²) in [7, 11) is 1.80. The van der Waals surface area contributed by atoms with Crippen molar-refractivity contribution in [3.63, 3.8) is 0 Å².